The average molecular weight is 275 g/mol. The van der Waals surface area contributed by atoms with Crippen LogP contribution in [0.5, 0.6) is 0 Å². The van der Waals surface area contributed by atoms with Gasteiger partial charge in [-0.1, -0.05) is 0 Å². The zero-order valence-corrected chi connectivity index (χ0v) is 10.4. The summed E-state index contributed by atoms with van der Waals surface area (Å²) in [6.07, 6.45) is 0.0437. The SMILES string of the molecule is C[C@H]1CN(c2nc(Cl)ncc2F)CCN1C(=O)O. The number of hydrogen-bond acceptors (Lipinski definition) is 4. The molecule has 1 aromatic heterocycles. The van der Waals surface area contributed by atoms with Crippen LogP contribution in [0.25, 0.3) is 0 Å². The van der Waals surface area contributed by atoms with Gasteiger partial charge in [-0.2, -0.15) is 4.98 Å². The van der Waals surface area contributed by atoms with Crippen molar-refractivity contribution in [2.45, 2.75) is 13.0 Å². The maximum Gasteiger partial charge on any atom is 0.407 e. The predicted molar refractivity (Wildman–Crippen MR) is 63.4 cm³/mol. The molecule has 1 aliphatic heterocycles. The number of amides is 1. The molecule has 1 aliphatic rings. The van der Waals surface area contributed by atoms with Gasteiger partial charge in [-0.25, -0.2) is 14.2 Å². The molecule has 0 spiro atoms. The van der Waals surface area contributed by atoms with Crippen LogP contribution in [-0.4, -0.2) is 51.7 Å². The molecular formula is C10H12ClFN4O2. The van der Waals surface area contributed by atoms with Gasteiger partial charge in [0.15, 0.2) is 11.6 Å². The Balaban J connectivity index is 2.17. The van der Waals surface area contributed by atoms with Crippen molar-refractivity contribution in [3.05, 3.63) is 17.3 Å². The highest BCUT2D eigenvalue weighted by molar-refractivity contribution is 6.28. The van der Waals surface area contributed by atoms with Crippen LogP contribution in [-0.2, 0) is 0 Å². The molecule has 2 heterocycles. The summed E-state index contributed by atoms with van der Waals surface area (Å²) in [5.74, 6) is -0.442. The van der Waals surface area contributed by atoms with E-state index in [2.05, 4.69) is 9.97 Å². The first-order valence-electron chi connectivity index (χ1n) is 5.41. The van der Waals surface area contributed by atoms with E-state index in [4.69, 9.17) is 16.7 Å². The molecule has 1 fully saturated rings. The molecule has 8 heteroatoms. The minimum atomic E-state index is -0.969. The van der Waals surface area contributed by atoms with Gasteiger partial charge in [0.05, 0.1) is 6.20 Å². The number of piperazine rings is 1. The largest absolute Gasteiger partial charge is 0.465 e. The van der Waals surface area contributed by atoms with E-state index in [0.717, 1.165) is 6.20 Å². The van der Waals surface area contributed by atoms with Crippen LogP contribution in [0.3, 0.4) is 0 Å². The third-order valence-electron chi connectivity index (χ3n) is 2.87. The predicted octanol–water partition coefficient (Wildman–Crippen LogP) is 1.46. The van der Waals surface area contributed by atoms with Gasteiger partial charge in [0, 0.05) is 25.7 Å². The molecule has 0 saturated carbocycles. The van der Waals surface area contributed by atoms with Crippen LogP contribution < -0.4 is 4.90 Å². The fourth-order valence-electron chi connectivity index (χ4n) is 1.99. The topological polar surface area (TPSA) is 69.6 Å². The number of carboxylic acid groups (broad SMARTS) is 1. The highest BCUT2D eigenvalue weighted by Crippen LogP contribution is 2.21. The Bertz CT molecular complexity index is 473. The van der Waals surface area contributed by atoms with Gasteiger partial charge < -0.3 is 14.9 Å². The summed E-state index contributed by atoms with van der Waals surface area (Å²) in [6, 6.07) is -0.232. The van der Waals surface area contributed by atoms with Crippen molar-refractivity contribution in [1.82, 2.24) is 14.9 Å². The van der Waals surface area contributed by atoms with Crippen LogP contribution in [0, 0.1) is 5.82 Å². The molecule has 1 N–H and O–H groups in total. The molecule has 98 valence electrons. The van der Waals surface area contributed by atoms with Crippen molar-refractivity contribution in [3.8, 4) is 0 Å². The molecule has 0 aromatic carbocycles. The first-order valence-corrected chi connectivity index (χ1v) is 5.79. The Morgan fingerprint density at radius 1 is 1.61 bits per heavy atom. The number of hydrogen-bond donors (Lipinski definition) is 1. The summed E-state index contributed by atoms with van der Waals surface area (Å²) in [5.41, 5.74) is 0. The van der Waals surface area contributed by atoms with Crippen molar-refractivity contribution >= 4 is 23.5 Å². The van der Waals surface area contributed by atoms with E-state index >= 15 is 0 Å². The van der Waals surface area contributed by atoms with Gasteiger partial charge in [0.1, 0.15) is 0 Å². The highest BCUT2D eigenvalue weighted by atomic mass is 35.5. The van der Waals surface area contributed by atoms with E-state index in [1.165, 1.54) is 4.90 Å². The summed E-state index contributed by atoms with van der Waals surface area (Å²) in [7, 11) is 0. The second-order valence-corrected chi connectivity index (χ2v) is 4.42. The number of aromatic nitrogens is 2. The smallest absolute Gasteiger partial charge is 0.407 e. The lowest BCUT2D eigenvalue weighted by Crippen LogP contribution is -2.54. The van der Waals surface area contributed by atoms with Crippen LogP contribution in [0.1, 0.15) is 6.92 Å². The third kappa shape index (κ3) is 2.45. The molecule has 18 heavy (non-hydrogen) atoms. The number of nitrogens with zero attached hydrogens (tertiary/aromatic N) is 4. The van der Waals surface area contributed by atoms with Crippen molar-refractivity contribution < 1.29 is 14.3 Å². The monoisotopic (exact) mass is 274 g/mol. The molecule has 1 atom stereocenters. The van der Waals surface area contributed by atoms with Crippen molar-refractivity contribution in [2.24, 2.45) is 0 Å². The zero-order chi connectivity index (χ0) is 13.3. The Morgan fingerprint density at radius 3 is 2.94 bits per heavy atom. The Morgan fingerprint density at radius 2 is 2.33 bits per heavy atom. The maximum absolute atomic E-state index is 13.6. The second-order valence-electron chi connectivity index (χ2n) is 4.08. The van der Waals surface area contributed by atoms with E-state index < -0.39 is 11.9 Å². The normalized spacial score (nSPS) is 20.1. The Hall–Kier alpha value is -1.63. The molecule has 0 radical (unpaired) electrons. The molecule has 1 saturated heterocycles. The van der Waals surface area contributed by atoms with Gasteiger partial charge >= 0.3 is 6.09 Å². The first-order chi connectivity index (χ1) is 8.49. The van der Waals surface area contributed by atoms with Crippen molar-refractivity contribution in [2.75, 3.05) is 24.5 Å². The van der Waals surface area contributed by atoms with Gasteiger partial charge in [-0.05, 0) is 18.5 Å². The van der Waals surface area contributed by atoms with Crippen molar-refractivity contribution in [3.63, 3.8) is 0 Å². The van der Waals surface area contributed by atoms with Gasteiger partial charge in [0.2, 0.25) is 5.28 Å². The third-order valence-corrected chi connectivity index (χ3v) is 3.05. The summed E-state index contributed by atoms with van der Waals surface area (Å²) >= 11 is 5.63. The summed E-state index contributed by atoms with van der Waals surface area (Å²) in [5, 5.41) is 8.92. The van der Waals surface area contributed by atoms with E-state index in [1.807, 2.05) is 0 Å². The lowest BCUT2D eigenvalue weighted by molar-refractivity contribution is 0.122. The van der Waals surface area contributed by atoms with Crippen LogP contribution in [0.4, 0.5) is 15.0 Å². The zero-order valence-electron chi connectivity index (χ0n) is 9.68. The van der Waals surface area contributed by atoms with Crippen molar-refractivity contribution in [1.29, 1.82) is 0 Å². The minimum absolute atomic E-state index is 0.0280. The molecule has 0 bridgehead atoms. The average Bonchev–Trinajstić information content (AvgIpc) is 2.31. The van der Waals surface area contributed by atoms with Gasteiger partial charge in [0.25, 0.3) is 0 Å². The molecule has 1 aromatic rings. The van der Waals surface area contributed by atoms with E-state index in [-0.39, 0.29) is 17.1 Å². The van der Waals surface area contributed by atoms with Gasteiger partial charge in [-0.15, -0.1) is 0 Å². The van der Waals surface area contributed by atoms with Gasteiger partial charge in [-0.3, -0.25) is 0 Å². The molecule has 6 nitrogen and oxygen atoms in total. The van der Waals surface area contributed by atoms with Crippen LogP contribution >= 0.6 is 11.6 Å². The maximum atomic E-state index is 13.6. The molecular weight excluding hydrogens is 263 g/mol. The van der Waals surface area contributed by atoms with E-state index in [9.17, 15) is 9.18 Å². The fourth-order valence-corrected chi connectivity index (χ4v) is 2.12. The second kappa shape index (κ2) is 4.93. The summed E-state index contributed by atoms with van der Waals surface area (Å²) < 4.78 is 13.6. The number of carbonyl (C=O) groups is 1. The lowest BCUT2D eigenvalue weighted by Gasteiger charge is -2.38. The molecule has 2 rings (SSSR count). The molecule has 0 unspecified atom stereocenters. The number of halogens is 2. The Labute approximate surface area is 108 Å². The quantitative estimate of drug-likeness (QED) is 0.785. The highest BCUT2D eigenvalue weighted by Gasteiger charge is 2.29. The fraction of sp³-hybridized carbons (Fsp3) is 0.500. The minimum Gasteiger partial charge on any atom is -0.465 e. The summed E-state index contributed by atoms with van der Waals surface area (Å²) in [4.78, 5) is 21.3. The molecule has 0 aliphatic carbocycles. The lowest BCUT2D eigenvalue weighted by atomic mass is 10.2. The van der Waals surface area contributed by atoms with Crippen LogP contribution in [0.2, 0.25) is 5.28 Å². The van der Waals surface area contributed by atoms with E-state index in [0.29, 0.717) is 19.6 Å². The Kier molecular flexibility index (Phi) is 3.51. The van der Waals surface area contributed by atoms with E-state index in [1.54, 1.807) is 11.8 Å². The van der Waals surface area contributed by atoms with Crippen LogP contribution in [0.15, 0.2) is 6.20 Å². The first kappa shape index (κ1) is 12.8. The number of anilines is 1. The standard InChI is InChI=1S/C10H12ClFN4O2/c1-6-5-15(2-3-16(6)10(17)18)8-7(12)4-13-9(11)14-8/h4,6H,2-3,5H2,1H3,(H,17,18)/t6-/m0/s1. The summed E-state index contributed by atoms with van der Waals surface area (Å²) in [6.45, 7) is 2.82. The number of rotatable bonds is 1. The molecule has 1 amide bonds.